The Balaban J connectivity index is 3.29. The van der Waals surface area contributed by atoms with Crippen molar-refractivity contribution in [3.05, 3.63) is 17.7 Å². The first kappa shape index (κ1) is 7.54. The van der Waals surface area contributed by atoms with Gasteiger partial charge in [-0.15, -0.1) is 11.8 Å². The molecule has 0 aliphatic carbocycles. The zero-order chi connectivity index (χ0) is 17.7. The summed E-state index contributed by atoms with van der Waals surface area (Å²) in [5.74, 6) is 1.09. The maximum atomic E-state index is 7.27. The van der Waals surface area contributed by atoms with Crippen LogP contribution in [0.4, 0.5) is 0 Å². The Kier molecular flexibility index (Phi) is 3.31. The van der Waals surface area contributed by atoms with E-state index in [1.54, 1.807) is 0 Å². The van der Waals surface area contributed by atoms with Gasteiger partial charge in [0.05, 0.1) is 27.2 Å². The second-order valence-electron chi connectivity index (χ2n) is 3.50. The van der Waals surface area contributed by atoms with Crippen molar-refractivity contribution in [2.24, 2.45) is 5.73 Å². The Morgan fingerprint density at radius 2 is 2.06 bits per heavy atom. The van der Waals surface area contributed by atoms with Crippen LogP contribution in [0.1, 0.15) is 27.1 Å². The summed E-state index contributed by atoms with van der Waals surface area (Å²) >= 11 is 1.38. The summed E-state index contributed by atoms with van der Waals surface area (Å²) in [4.78, 5) is 0.531. The van der Waals surface area contributed by atoms with E-state index in [4.69, 9.17) is 23.4 Å². The van der Waals surface area contributed by atoms with Gasteiger partial charge in [-0.2, -0.15) is 0 Å². The molecule has 0 atom stereocenters. The van der Waals surface area contributed by atoms with Crippen LogP contribution in [0.3, 0.4) is 0 Å². The van der Waals surface area contributed by atoms with E-state index in [2.05, 4.69) is 0 Å². The van der Waals surface area contributed by atoms with E-state index in [1.165, 1.54) is 23.9 Å². The number of benzene rings is 1. The van der Waals surface area contributed by atoms with Gasteiger partial charge in [0.1, 0.15) is 11.5 Å². The lowest BCUT2D eigenvalue weighted by Gasteiger charge is -2.14. The summed E-state index contributed by atoms with van der Waals surface area (Å²) in [5.41, 5.74) is 6.04. The molecule has 0 saturated heterocycles. The lowest BCUT2D eigenvalue weighted by atomic mass is 10.1. The summed E-state index contributed by atoms with van der Waals surface area (Å²) in [7, 11) is -5.18. The normalized spacial score (nSPS) is 17.1. The number of nitrogens with two attached hydrogens (primary N) is 1. The smallest absolute Gasteiger partial charge is 0.132 e. The zero-order valence-corrected chi connectivity index (χ0v) is 10.6. The third-order valence-electron chi connectivity index (χ3n) is 2.22. The second-order valence-corrected chi connectivity index (χ2v) is 4.63. The van der Waals surface area contributed by atoms with Crippen molar-refractivity contribution in [2.75, 3.05) is 26.4 Å². The number of ether oxygens (including phenoxy) is 2. The van der Waals surface area contributed by atoms with Crippen molar-refractivity contribution in [3.63, 3.8) is 0 Å². The third-order valence-corrected chi connectivity index (χ3v) is 3.46. The van der Waals surface area contributed by atoms with Gasteiger partial charge >= 0.3 is 0 Å². The predicted molar refractivity (Wildman–Crippen MR) is 73.3 cm³/mol. The van der Waals surface area contributed by atoms with E-state index in [0.29, 0.717) is 16.9 Å². The van der Waals surface area contributed by atoms with Gasteiger partial charge in [-0.05, 0) is 42.8 Å². The Morgan fingerprint density at radius 3 is 2.71 bits per heavy atom. The fourth-order valence-electron chi connectivity index (χ4n) is 1.43. The summed E-state index contributed by atoms with van der Waals surface area (Å²) in [6, 6.07) is 3.01. The number of rotatable bonds is 7. The van der Waals surface area contributed by atoms with Gasteiger partial charge in [0.2, 0.25) is 0 Å². The molecular weight excluding hydrogens is 234 g/mol. The number of hydrogen-bond donors (Lipinski definition) is 1. The monoisotopic (exact) mass is 261 g/mol. The van der Waals surface area contributed by atoms with Crippen molar-refractivity contribution in [1.29, 1.82) is 0 Å². The van der Waals surface area contributed by atoms with Crippen LogP contribution >= 0.6 is 11.8 Å². The topological polar surface area (TPSA) is 44.5 Å². The zero-order valence-electron chi connectivity index (χ0n) is 15.8. The van der Waals surface area contributed by atoms with Crippen LogP contribution in [-0.2, 0) is 6.42 Å². The average Bonchev–Trinajstić information content (AvgIpc) is 2.37. The van der Waals surface area contributed by atoms with E-state index in [-0.39, 0.29) is 18.0 Å². The maximum Gasteiger partial charge on any atom is 0.132 e. The molecule has 96 valence electrons. The van der Waals surface area contributed by atoms with Crippen molar-refractivity contribution < 1.29 is 17.7 Å². The molecule has 4 heteroatoms. The largest absolute Gasteiger partial charge is 0.496 e. The Labute approximate surface area is 116 Å². The van der Waals surface area contributed by atoms with Crippen LogP contribution in [-0.4, -0.2) is 26.4 Å². The molecular formula is C13H21NO2S. The molecule has 0 aliphatic rings. The molecule has 3 nitrogen and oxygen atoms in total. The highest BCUT2D eigenvalue weighted by atomic mass is 32.2. The van der Waals surface area contributed by atoms with Gasteiger partial charge in [-0.1, -0.05) is 6.92 Å². The van der Waals surface area contributed by atoms with Crippen molar-refractivity contribution in [3.8, 4) is 11.5 Å². The second kappa shape index (κ2) is 7.45. The Hall–Kier alpha value is -0.870. The Morgan fingerprint density at radius 1 is 1.29 bits per heavy atom. The molecule has 0 radical (unpaired) electrons. The number of thioether (sulfide) groups is 1. The fraction of sp³-hybridized carbons (Fsp3) is 0.538. The standard InChI is InChI=1S/C13H21NO2S/c1-4-7-17-13-9-11(15-2)10(5-6-14)8-12(13)16-3/h8-9H,4-7,14H2,1-3H3/i2D3,3D3. The minimum Gasteiger partial charge on any atom is -0.496 e. The van der Waals surface area contributed by atoms with E-state index in [0.717, 1.165) is 12.2 Å². The fourth-order valence-corrected chi connectivity index (χ4v) is 2.29. The molecule has 0 amide bonds. The molecule has 1 aromatic rings. The van der Waals surface area contributed by atoms with E-state index in [1.807, 2.05) is 6.92 Å². The van der Waals surface area contributed by atoms with Crippen molar-refractivity contribution in [1.82, 2.24) is 0 Å². The lowest BCUT2D eigenvalue weighted by Crippen LogP contribution is -2.05. The molecule has 0 spiro atoms. The molecule has 0 unspecified atom stereocenters. The minimum absolute atomic E-state index is 0.173. The average molecular weight is 261 g/mol. The summed E-state index contributed by atoms with van der Waals surface area (Å²) in [6.45, 7) is 2.26. The van der Waals surface area contributed by atoms with Crippen LogP contribution in [0, 0.1) is 0 Å². The van der Waals surface area contributed by atoms with E-state index in [9.17, 15) is 0 Å². The van der Waals surface area contributed by atoms with Gasteiger partial charge < -0.3 is 15.2 Å². The Bertz CT molecular complexity index is 518. The van der Waals surface area contributed by atoms with Crippen molar-refractivity contribution in [2.45, 2.75) is 24.7 Å². The summed E-state index contributed by atoms with van der Waals surface area (Å²) < 4.78 is 53.6. The van der Waals surface area contributed by atoms with Crippen LogP contribution in [0.2, 0.25) is 0 Å². The van der Waals surface area contributed by atoms with Gasteiger partial charge in [0.15, 0.2) is 0 Å². The van der Waals surface area contributed by atoms with Crippen LogP contribution in [0.15, 0.2) is 17.0 Å². The quantitative estimate of drug-likeness (QED) is 0.767. The van der Waals surface area contributed by atoms with Crippen LogP contribution < -0.4 is 15.2 Å². The highest BCUT2D eigenvalue weighted by Gasteiger charge is 2.10. The molecule has 2 N–H and O–H groups in total. The van der Waals surface area contributed by atoms with Crippen molar-refractivity contribution >= 4 is 11.8 Å². The molecule has 0 aliphatic heterocycles. The summed E-state index contributed by atoms with van der Waals surface area (Å²) in [5, 5.41) is 0. The molecule has 17 heavy (non-hydrogen) atoms. The number of hydrogen-bond acceptors (Lipinski definition) is 4. The van der Waals surface area contributed by atoms with Gasteiger partial charge in [-0.3, -0.25) is 0 Å². The van der Waals surface area contributed by atoms with E-state index < -0.39 is 14.1 Å². The van der Waals surface area contributed by atoms with Gasteiger partial charge in [0, 0.05) is 0 Å². The molecule has 0 fully saturated rings. The highest BCUT2D eigenvalue weighted by molar-refractivity contribution is 7.99. The lowest BCUT2D eigenvalue weighted by molar-refractivity contribution is 0.390. The summed E-state index contributed by atoms with van der Waals surface area (Å²) in [6.07, 6.45) is 1.22. The third kappa shape index (κ3) is 3.82. The van der Waals surface area contributed by atoms with Gasteiger partial charge in [0.25, 0.3) is 0 Å². The highest BCUT2D eigenvalue weighted by Crippen LogP contribution is 2.36. The minimum atomic E-state index is -2.59. The predicted octanol–water partition coefficient (Wildman–Crippen LogP) is 2.71. The molecule has 0 saturated carbocycles. The van der Waals surface area contributed by atoms with Crippen LogP contribution in [0.25, 0.3) is 0 Å². The molecule has 0 aromatic heterocycles. The SMILES string of the molecule is [2H]C([2H])([2H])Oc1cc(SCCC)c(OC([2H])([2H])[2H])cc1CCN. The molecule has 1 aromatic carbocycles. The molecule has 0 heterocycles. The van der Waals surface area contributed by atoms with Crippen LogP contribution in [0.5, 0.6) is 11.5 Å². The first-order valence-corrected chi connectivity index (χ1v) is 6.42. The molecule has 1 rings (SSSR count). The first-order valence-electron chi connectivity index (χ1n) is 8.43. The maximum absolute atomic E-state index is 7.27. The number of methoxy groups -OCH3 is 2. The first-order chi connectivity index (χ1) is 10.6. The van der Waals surface area contributed by atoms with E-state index >= 15 is 0 Å². The molecule has 0 bridgehead atoms. The van der Waals surface area contributed by atoms with Gasteiger partial charge in [-0.25, -0.2) is 0 Å².